The highest BCUT2D eigenvalue weighted by molar-refractivity contribution is 5.45. The molecule has 4 heteroatoms. The van der Waals surface area contributed by atoms with Gasteiger partial charge in [-0.3, -0.25) is 0 Å². The minimum atomic E-state index is -0.262. The van der Waals surface area contributed by atoms with Crippen LogP contribution in [0.4, 0.5) is 11.6 Å². The molecule has 2 heterocycles. The SMILES string of the molecule is CC1CCN(c2cccc(N)n2)CC1O. The van der Waals surface area contributed by atoms with Crippen LogP contribution in [0.5, 0.6) is 0 Å². The molecule has 0 radical (unpaired) electrons. The summed E-state index contributed by atoms with van der Waals surface area (Å²) in [6.45, 7) is 3.67. The molecule has 2 unspecified atom stereocenters. The van der Waals surface area contributed by atoms with E-state index in [-0.39, 0.29) is 6.10 Å². The molecule has 1 saturated heterocycles. The molecule has 0 aliphatic carbocycles. The molecule has 2 atom stereocenters. The smallest absolute Gasteiger partial charge is 0.131 e. The molecule has 0 saturated carbocycles. The summed E-state index contributed by atoms with van der Waals surface area (Å²) in [5, 5.41) is 9.78. The number of hydrogen-bond acceptors (Lipinski definition) is 4. The topological polar surface area (TPSA) is 62.4 Å². The van der Waals surface area contributed by atoms with Crippen LogP contribution in [-0.2, 0) is 0 Å². The summed E-state index contributed by atoms with van der Waals surface area (Å²) in [6, 6.07) is 5.59. The summed E-state index contributed by atoms with van der Waals surface area (Å²) in [4.78, 5) is 6.33. The number of rotatable bonds is 1. The molecule has 82 valence electrons. The molecule has 0 spiro atoms. The van der Waals surface area contributed by atoms with Crippen LogP contribution in [0.15, 0.2) is 18.2 Å². The molecule has 4 nitrogen and oxygen atoms in total. The first kappa shape index (κ1) is 10.2. The summed E-state index contributed by atoms with van der Waals surface area (Å²) in [7, 11) is 0. The molecule has 15 heavy (non-hydrogen) atoms. The largest absolute Gasteiger partial charge is 0.391 e. The van der Waals surface area contributed by atoms with E-state index >= 15 is 0 Å². The minimum absolute atomic E-state index is 0.262. The van der Waals surface area contributed by atoms with E-state index < -0.39 is 0 Å². The number of aliphatic hydroxyl groups excluding tert-OH is 1. The van der Waals surface area contributed by atoms with Gasteiger partial charge < -0.3 is 15.7 Å². The van der Waals surface area contributed by atoms with Gasteiger partial charge in [0.1, 0.15) is 11.6 Å². The third-order valence-corrected chi connectivity index (χ3v) is 3.00. The van der Waals surface area contributed by atoms with E-state index in [1.54, 1.807) is 6.07 Å². The summed E-state index contributed by atoms with van der Waals surface area (Å²) in [5.41, 5.74) is 5.63. The zero-order chi connectivity index (χ0) is 10.8. The predicted octanol–water partition coefficient (Wildman–Crippen LogP) is 0.871. The lowest BCUT2D eigenvalue weighted by Crippen LogP contribution is -2.43. The van der Waals surface area contributed by atoms with E-state index in [0.29, 0.717) is 18.3 Å². The predicted molar refractivity (Wildman–Crippen MR) is 60.7 cm³/mol. The molecule has 1 aromatic heterocycles. The molecular formula is C11H17N3O. The van der Waals surface area contributed by atoms with Crippen molar-refractivity contribution in [3.63, 3.8) is 0 Å². The molecule has 0 aromatic carbocycles. The molecule has 1 aromatic rings. The van der Waals surface area contributed by atoms with Gasteiger partial charge in [-0.15, -0.1) is 0 Å². The van der Waals surface area contributed by atoms with E-state index in [0.717, 1.165) is 18.8 Å². The third kappa shape index (κ3) is 2.21. The van der Waals surface area contributed by atoms with Crippen molar-refractivity contribution in [1.82, 2.24) is 4.98 Å². The van der Waals surface area contributed by atoms with Gasteiger partial charge in [0.25, 0.3) is 0 Å². The molecule has 1 fully saturated rings. The molecule has 1 aliphatic heterocycles. The number of nitrogens with zero attached hydrogens (tertiary/aromatic N) is 2. The Hall–Kier alpha value is -1.29. The Balaban J connectivity index is 2.12. The Morgan fingerprint density at radius 2 is 2.33 bits per heavy atom. The van der Waals surface area contributed by atoms with Crippen molar-refractivity contribution in [2.75, 3.05) is 23.7 Å². The van der Waals surface area contributed by atoms with Gasteiger partial charge in [-0.05, 0) is 24.5 Å². The number of anilines is 2. The normalized spacial score (nSPS) is 26.7. The minimum Gasteiger partial charge on any atom is -0.391 e. The Labute approximate surface area is 89.7 Å². The lowest BCUT2D eigenvalue weighted by molar-refractivity contribution is 0.102. The van der Waals surface area contributed by atoms with Gasteiger partial charge in [0, 0.05) is 13.1 Å². The molecule has 0 amide bonds. The monoisotopic (exact) mass is 207 g/mol. The molecule has 1 aliphatic rings. The maximum Gasteiger partial charge on any atom is 0.131 e. The van der Waals surface area contributed by atoms with E-state index in [1.165, 1.54) is 0 Å². The van der Waals surface area contributed by atoms with Crippen LogP contribution in [0.3, 0.4) is 0 Å². The number of aliphatic hydroxyl groups is 1. The first-order valence-electron chi connectivity index (χ1n) is 5.32. The van der Waals surface area contributed by atoms with Gasteiger partial charge >= 0.3 is 0 Å². The van der Waals surface area contributed by atoms with Crippen LogP contribution >= 0.6 is 0 Å². The number of hydrogen-bond donors (Lipinski definition) is 2. The number of aromatic nitrogens is 1. The zero-order valence-corrected chi connectivity index (χ0v) is 8.93. The zero-order valence-electron chi connectivity index (χ0n) is 8.93. The second-order valence-corrected chi connectivity index (χ2v) is 4.20. The highest BCUT2D eigenvalue weighted by Crippen LogP contribution is 2.22. The summed E-state index contributed by atoms with van der Waals surface area (Å²) < 4.78 is 0. The van der Waals surface area contributed by atoms with E-state index in [2.05, 4.69) is 16.8 Å². The van der Waals surface area contributed by atoms with Crippen LogP contribution in [0, 0.1) is 5.92 Å². The third-order valence-electron chi connectivity index (χ3n) is 3.00. The van der Waals surface area contributed by atoms with Gasteiger partial charge in [0.05, 0.1) is 6.10 Å². The van der Waals surface area contributed by atoms with Crippen molar-refractivity contribution < 1.29 is 5.11 Å². The van der Waals surface area contributed by atoms with Crippen LogP contribution in [-0.4, -0.2) is 29.3 Å². The summed E-state index contributed by atoms with van der Waals surface area (Å²) in [5.74, 6) is 1.77. The van der Waals surface area contributed by atoms with Crippen LogP contribution in [0.25, 0.3) is 0 Å². The van der Waals surface area contributed by atoms with Crippen molar-refractivity contribution in [2.24, 2.45) is 5.92 Å². The molecule has 0 bridgehead atoms. The van der Waals surface area contributed by atoms with Gasteiger partial charge in [-0.2, -0.15) is 0 Å². The van der Waals surface area contributed by atoms with Crippen molar-refractivity contribution in [1.29, 1.82) is 0 Å². The van der Waals surface area contributed by atoms with E-state index in [4.69, 9.17) is 5.73 Å². The van der Waals surface area contributed by atoms with E-state index in [9.17, 15) is 5.11 Å². The Morgan fingerprint density at radius 3 is 3.00 bits per heavy atom. The van der Waals surface area contributed by atoms with Gasteiger partial charge in [0.2, 0.25) is 0 Å². The second kappa shape index (κ2) is 4.06. The highest BCUT2D eigenvalue weighted by Gasteiger charge is 2.24. The highest BCUT2D eigenvalue weighted by atomic mass is 16.3. The van der Waals surface area contributed by atoms with Crippen molar-refractivity contribution in [3.8, 4) is 0 Å². The standard InChI is InChI=1S/C11H17N3O/c1-8-5-6-14(7-9(8)15)11-4-2-3-10(12)13-11/h2-4,8-9,15H,5-7H2,1H3,(H2,12,13). The maximum absolute atomic E-state index is 9.78. The number of nitrogens with two attached hydrogens (primary N) is 1. The average Bonchev–Trinajstić information content (AvgIpc) is 2.22. The molecular weight excluding hydrogens is 190 g/mol. The average molecular weight is 207 g/mol. The van der Waals surface area contributed by atoms with E-state index in [1.807, 2.05) is 12.1 Å². The first-order valence-corrected chi connectivity index (χ1v) is 5.32. The number of nitrogen functional groups attached to an aromatic ring is 1. The summed E-state index contributed by atoms with van der Waals surface area (Å²) in [6.07, 6.45) is 0.736. The van der Waals surface area contributed by atoms with Crippen molar-refractivity contribution >= 4 is 11.6 Å². The summed E-state index contributed by atoms with van der Waals surface area (Å²) >= 11 is 0. The molecule has 3 N–H and O–H groups in total. The van der Waals surface area contributed by atoms with Crippen LogP contribution < -0.4 is 10.6 Å². The maximum atomic E-state index is 9.78. The Kier molecular flexibility index (Phi) is 2.77. The molecule has 2 rings (SSSR count). The Bertz CT molecular complexity index is 342. The Morgan fingerprint density at radius 1 is 1.53 bits per heavy atom. The van der Waals surface area contributed by atoms with Crippen LogP contribution in [0.1, 0.15) is 13.3 Å². The number of β-amino-alcohol motifs (C(OH)–C–C–N with tert-alkyl or cyclic N) is 1. The van der Waals surface area contributed by atoms with Gasteiger partial charge in [-0.25, -0.2) is 4.98 Å². The first-order chi connectivity index (χ1) is 7.16. The number of piperidine rings is 1. The van der Waals surface area contributed by atoms with Crippen LogP contribution in [0.2, 0.25) is 0 Å². The second-order valence-electron chi connectivity index (χ2n) is 4.20. The fraction of sp³-hybridized carbons (Fsp3) is 0.545. The van der Waals surface area contributed by atoms with Crippen molar-refractivity contribution in [2.45, 2.75) is 19.4 Å². The van der Waals surface area contributed by atoms with Gasteiger partial charge in [-0.1, -0.05) is 13.0 Å². The van der Waals surface area contributed by atoms with Crippen molar-refractivity contribution in [3.05, 3.63) is 18.2 Å². The quantitative estimate of drug-likeness (QED) is 0.717. The number of pyridine rings is 1. The lowest BCUT2D eigenvalue weighted by atomic mass is 9.96. The fourth-order valence-electron chi connectivity index (χ4n) is 1.87. The lowest BCUT2D eigenvalue weighted by Gasteiger charge is -2.35. The fourth-order valence-corrected chi connectivity index (χ4v) is 1.87. The van der Waals surface area contributed by atoms with Gasteiger partial charge in [0.15, 0.2) is 0 Å².